The number of amides is 2. The second-order valence-electron chi connectivity index (χ2n) is 8.66. The summed E-state index contributed by atoms with van der Waals surface area (Å²) in [5.41, 5.74) is 3.15. The molecule has 2 N–H and O–H groups in total. The predicted molar refractivity (Wildman–Crippen MR) is 127 cm³/mol. The first kappa shape index (κ1) is 21.0. The van der Waals surface area contributed by atoms with Crippen LogP contribution in [0, 0.1) is 5.92 Å². The Balaban J connectivity index is 1.18. The van der Waals surface area contributed by atoms with Crippen LogP contribution in [-0.2, 0) is 7.05 Å². The van der Waals surface area contributed by atoms with Crippen LogP contribution in [0.1, 0.15) is 24.5 Å². The van der Waals surface area contributed by atoms with Crippen LogP contribution in [0.2, 0.25) is 0 Å². The number of methoxy groups -OCH3 is 1. The molecule has 7 nitrogen and oxygen atoms in total. The highest BCUT2D eigenvalue weighted by molar-refractivity contribution is 7.13. The number of carbonyl (C=O) groups excluding carboxylic acids is 1. The topological polar surface area (TPSA) is 71.4 Å². The number of hydrogen-bond donors (Lipinski definition) is 2. The summed E-state index contributed by atoms with van der Waals surface area (Å²) in [6.07, 6.45) is 2.31. The first-order valence-electron chi connectivity index (χ1n) is 11.1. The minimum atomic E-state index is -0.165. The summed E-state index contributed by atoms with van der Waals surface area (Å²) in [5.74, 6) is 1.90. The molecule has 0 saturated carbocycles. The molecule has 1 aromatic carbocycles. The van der Waals surface area contributed by atoms with Crippen LogP contribution < -0.4 is 15.4 Å². The van der Waals surface area contributed by atoms with E-state index >= 15 is 0 Å². The lowest BCUT2D eigenvalue weighted by molar-refractivity contribution is 0.0296. The van der Waals surface area contributed by atoms with Gasteiger partial charge in [0, 0.05) is 43.5 Å². The molecule has 3 fully saturated rings. The monoisotopic (exact) mass is 451 g/mol. The van der Waals surface area contributed by atoms with Gasteiger partial charge in [0.05, 0.1) is 12.0 Å². The molecule has 3 aliphatic heterocycles. The van der Waals surface area contributed by atoms with Crippen molar-refractivity contribution in [1.82, 2.24) is 20.0 Å². The number of thiophene rings is 1. The number of urea groups is 1. The smallest absolute Gasteiger partial charge is 0.319 e. The van der Waals surface area contributed by atoms with E-state index in [-0.39, 0.29) is 6.03 Å². The fourth-order valence-electron chi connectivity index (χ4n) is 5.12. The van der Waals surface area contributed by atoms with Crippen LogP contribution in [0.15, 0.2) is 47.8 Å². The number of anilines is 1. The number of piperidine rings is 3. The van der Waals surface area contributed by atoms with E-state index in [0.29, 0.717) is 24.4 Å². The van der Waals surface area contributed by atoms with Crippen LogP contribution >= 0.6 is 11.3 Å². The fourth-order valence-corrected chi connectivity index (χ4v) is 5.80. The zero-order valence-electron chi connectivity index (χ0n) is 18.5. The van der Waals surface area contributed by atoms with Crippen LogP contribution in [0.3, 0.4) is 0 Å². The Hall–Kier alpha value is -2.84. The molecule has 2 amide bonds. The van der Waals surface area contributed by atoms with E-state index in [9.17, 15) is 4.79 Å². The number of benzene rings is 1. The van der Waals surface area contributed by atoms with Gasteiger partial charge in [0.25, 0.3) is 0 Å². The zero-order chi connectivity index (χ0) is 22.1. The van der Waals surface area contributed by atoms with E-state index in [2.05, 4.69) is 50.8 Å². The first-order valence-corrected chi connectivity index (χ1v) is 12.0. The average Bonchev–Trinajstić information content (AvgIpc) is 3.48. The number of aryl methyl sites for hydroxylation is 1. The number of hydrogen-bond acceptors (Lipinski definition) is 5. The largest absolute Gasteiger partial charge is 0.497 e. The minimum Gasteiger partial charge on any atom is -0.497 e. The summed E-state index contributed by atoms with van der Waals surface area (Å²) >= 11 is 1.73. The molecule has 8 heteroatoms. The van der Waals surface area contributed by atoms with Crippen LogP contribution in [0.25, 0.3) is 10.6 Å². The molecule has 6 rings (SSSR count). The number of carbonyl (C=O) groups is 1. The maximum atomic E-state index is 12.4. The highest BCUT2D eigenvalue weighted by atomic mass is 32.1. The maximum Gasteiger partial charge on any atom is 0.319 e. The van der Waals surface area contributed by atoms with Gasteiger partial charge in [-0.1, -0.05) is 6.07 Å². The van der Waals surface area contributed by atoms with Gasteiger partial charge in [-0.15, -0.1) is 11.3 Å². The number of ether oxygens (including phenoxy) is 1. The fraction of sp³-hybridized carbons (Fsp3) is 0.417. The van der Waals surface area contributed by atoms with Gasteiger partial charge in [0.2, 0.25) is 0 Å². The van der Waals surface area contributed by atoms with Crippen molar-refractivity contribution in [2.45, 2.75) is 24.8 Å². The molecule has 3 saturated heterocycles. The lowest BCUT2D eigenvalue weighted by Crippen LogP contribution is -2.56. The van der Waals surface area contributed by atoms with Gasteiger partial charge in [0.1, 0.15) is 11.4 Å². The Kier molecular flexibility index (Phi) is 5.89. The molecule has 32 heavy (non-hydrogen) atoms. The van der Waals surface area contributed by atoms with E-state index in [1.165, 1.54) is 17.0 Å². The van der Waals surface area contributed by atoms with Crippen LogP contribution in [0.4, 0.5) is 10.5 Å². The summed E-state index contributed by atoms with van der Waals surface area (Å²) < 4.78 is 7.23. The van der Waals surface area contributed by atoms with Crippen molar-refractivity contribution >= 4 is 23.1 Å². The van der Waals surface area contributed by atoms with Crippen molar-refractivity contribution in [2.24, 2.45) is 13.0 Å². The Bertz CT molecular complexity index is 1060. The standard InChI is InChI=1S/C24H29N5O2S/c1-28-22(13-21(27-28)23-4-3-11-32-23)20-15-29-10-9-16(20)12-18(29)14-25-24(30)26-17-5-7-19(31-2)8-6-17/h3-8,11,13,16,18,20H,9-10,12,14-15H2,1-2H3,(H2,25,26,30). The van der Waals surface area contributed by atoms with Crippen molar-refractivity contribution in [3.63, 3.8) is 0 Å². The average molecular weight is 452 g/mol. The number of nitrogens with one attached hydrogen (secondary N) is 2. The van der Waals surface area contributed by atoms with E-state index in [0.717, 1.165) is 36.6 Å². The van der Waals surface area contributed by atoms with E-state index in [1.807, 2.05) is 24.3 Å². The van der Waals surface area contributed by atoms with Gasteiger partial charge in [-0.3, -0.25) is 9.58 Å². The maximum absolute atomic E-state index is 12.4. The van der Waals surface area contributed by atoms with Gasteiger partial charge in [-0.25, -0.2) is 4.79 Å². The van der Waals surface area contributed by atoms with Gasteiger partial charge < -0.3 is 15.4 Å². The molecule has 2 bridgehead atoms. The number of rotatable bonds is 6. The lowest BCUT2D eigenvalue weighted by atomic mass is 9.74. The third-order valence-electron chi connectivity index (χ3n) is 6.79. The van der Waals surface area contributed by atoms with Gasteiger partial charge in [0.15, 0.2) is 0 Å². The molecule has 168 valence electrons. The van der Waals surface area contributed by atoms with Gasteiger partial charge >= 0.3 is 6.03 Å². The Morgan fingerprint density at radius 2 is 2.12 bits per heavy atom. The van der Waals surface area contributed by atoms with Crippen molar-refractivity contribution in [3.05, 3.63) is 53.5 Å². The molecule has 3 aliphatic rings. The minimum absolute atomic E-state index is 0.165. The quantitative estimate of drug-likeness (QED) is 0.590. The Labute approximate surface area is 192 Å². The molecule has 0 aliphatic carbocycles. The van der Waals surface area contributed by atoms with Crippen LogP contribution in [0.5, 0.6) is 5.75 Å². The SMILES string of the molecule is COc1ccc(NC(=O)NCC2CC3CCN2CC3c2cc(-c3cccs3)nn2C)cc1. The molecule has 4 unspecified atom stereocenters. The van der Waals surface area contributed by atoms with Crippen molar-refractivity contribution < 1.29 is 9.53 Å². The van der Waals surface area contributed by atoms with E-state index in [1.54, 1.807) is 18.4 Å². The summed E-state index contributed by atoms with van der Waals surface area (Å²) in [6.45, 7) is 2.79. The lowest BCUT2D eigenvalue weighted by Gasteiger charge is -2.49. The molecular weight excluding hydrogens is 422 g/mol. The number of nitrogens with zero attached hydrogens (tertiary/aromatic N) is 3. The van der Waals surface area contributed by atoms with Crippen molar-refractivity contribution in [3.8, 4) is 16.3 Å². The summed E-state index contributed by atoms with van der Waals surface area (Å²) in [5, 5.41) is 12.8. The molecule has 0 radical (unpaired) electrons. The zero-order valence-corrected chi connectivity index (χ0v) is 19.3. The van der Waals surface area contributed by atoms with Gasteiger partial charge in [-0.05, 0) is 67.1 Å². The second kappa shape index (κ2) is 8.96. The molecule has 0 spiro atoms. The highest BCUT2D eigenvalue weighted by Gasteiger charge is 2.41. The van der Waals surface area contributed by atoms with Crippen LogP contribution in [-0.4, -0.2) is 53.5 Å². The van der Waals surface area contributed by atoms with E-state index in [4.69, 9.17) is 9.84 Å². The third kappa shape index (κ3) is 4.25. The second-order valence-corrected chi connectivity index (χ2v) is 9.61. The third-order valence-corrected chi connectivity index (χ3v) is 7.69. The normalized spacial score (nSPS) is 24.3. The Morgan fingerprint density at radius 3 is 2.81 bits per heavy atom. The molecule has 5 heterocycles. The summed E-state index contributed by atoms with van der Waals surface area (Å²) in [4.78, 5) is 16.1. The summed E-state index contributed by atoms with van der Waals surface area (Å²) in [7, 11) is 3.69. The van der Waals surface area contributed by atoms with Gasteiger partial charge in [-0.2, -0.15) is 5.10 Å². The molecule has 4 atom stereocenters. The Morgan fingerprint density at radius 1 is 1.28 bits per heavy atom. The van der Waals surface area contributed by atoms with E-state index < -0.39 is 0 Å². The van der Waals surface area contributed by atoms with Crippen molar-refractivity contribution in [1.29, 1.82) is 0 Å². The molecule has 2 aromatic heterocycles. The molecule has 3 aromatic rings. The summed E-state index contributed by atoms with van der Waals surface area (Å²) in [6, 6.07) is 14.1. The molecular formula is C24H29N5O2S. The van der Waals surface area contributed by atoms with Crippen molar-refractivity contribution in [2.75, 3.05) is 32.1 Å². The number of fused-ring (bicyclic) bond motifs is 3. The predicted octanol–water partition coefficient (Wildman–Crippen LogP) is 4.16. The highest BCUT2D eigenvalue weighted by Crippen LogP contribution is 2.42. The first-order chi connectivity index (χ1) is 15.6. The number of aromatic nitrogens is 2.